The van der Waals surface area contributed by atoms with Gasteiger partial charge in [0.05, 0.1) is 5.69 Å². The molecule has 2 N–H and O–H groups in total. The molecule has 0 unspecified atom stereocenters. The normalized spacial score (nSPS) is 14.9. The van der Waals surface area contributed by atoms with Crippen molar-refractivity contribution in [2.75, 3.05) is 5.73 Å². The summed E-state index contributed by atoms with van der Waals surface area (Å²) in [6.45, 7) is 0. The lowest BCUT2D eigenvalue weighted by Crippen LogP contribution is -2.00. The molecule has 0 radical (unpaired) electrons. The maximum atomic E-state index is 5.97. The number of nitrogens with two attached hydrogens (primary N) is 1. The summed E-state index contributed by atoms with van der Waals surface area (Å²) in [7, 11) is 0. The van der Waals surface area contributed by atoms with Gasteiger partial charge in [0.25, 0.3) is 0 Å². The Hall–Kier alpha value is -1.61. The largest absolute Gasteiger partial charge is 0.368 e. The maximum absolute atomic E-state index is 5.97. The van der Waals surface area contributed by atoms with E-state index in [0.717, 1.165) is 17.0 Å². The van der Waals surface area contributed by atoms with Gasteiger partial charge >= 0.3 is 0 Å². The number of anilines is 1. The number of nitrogens with zero attached hydrogens (tertiary/aromatic N) is 2. The highest BCUT2D eigenvalue weighted by Crippen LogP contribution is 2.40. The fourth-order valence-electron chi connectivity index (χ4n) is 1.87. The van der Waals surface area contributed by atoms with Gasteiger partial charge in [0, 0.05) is 22.2 Å². The van der Waals surface area contributed by atoms with Crippen LogP contribution in [0.1, 0.15) is 24.5 Å². The summed E-state index contributed by atoms with van der Waals surface area (Å²) >= 11 is 5.97. The van der Waals surface area contributed by atoms with E-state index in [0.29, 0.717) is 16.9 Å². The van der Waals surface area contributed by atoms with Crippen molar-refractivity contribution in [1.82, 2.24) is 9.97 Å². The molecule has 0 aliphatic heterocycles. The van der Waals surface area contributed by atoms with Gasteiger partial charge in [-0.3, -0.25) is 0 Å². The van der Waals surface area contributed by atoms with E-state index >= 15 is 0 Å². The number of nitrogen functional groups attached to an aromatic ring is 1. The van der Waals surface area contributed by atoms with E-state index in [1.807, 2.05) is 30.3 Å². The molecule has 1 saturated carbocycles. The number of halogens is 1. The van der Waals surface area contributed by atoms with Crippen LogP contribution in [0.15, 0.2) is 30.3 Å². The van der Waals surface area contributed by atoms with Gasteiger partial charge in [0.1, 0.15) is 0 Å². The average molecular weight is 246 g/mol. The standard InChI is InChI=1S/C13H12ClN3/c14-10-3-1-2-9(6-10)12-7-11(8-4-5-8)16-13(15)17-12/h1-3,6-8H,4-5H2,(H2,15,16,17). The highest BCUT2D eigenvalue weighted by Gasteiger charge is 2.26. The van der Waals surface area contributed by atoms with Crippen LogP contribution in [0.5, 0.6) is 0 Å². The number of rotatable bonds is 2. The Balaban J connectivity index is 2.07. The van der Waals surface area contributed by atoms with Crippen LogP contribution in [0, 0.1) is 0 Å². The third-order valence-electron chi connectivity index (χ3n) is 2.88. The van der Waals surface area contributed by atoms with Crippen LogP contribution in [-0.2, 0) is 0 Å². The minimum Gasteiger partial charge on any atom is -0.368 e. The molecule has 1 aliphatic rings. The molecular formula is C13H12ClN3. The molecule has 1 heterocycles. The zero-order valence-electron chi connectivity index (χ0n) is 9.23. The first kappa shape index (κ1) is 10.5. The van der Waals surface area contributed by atoms with Gasteiger partial charge in [0.15, 0.2) is 0 Å². The predicted molar refractivity (Wildman–Crippen MR) is 68.9 cm³/mol. The van der Waals surface area contributed by atoms with Gasteiger partial charge < -0.3 is 5.73 Å². The van der Waals surface area contributed by atoms with Crippen LogP contribution in [0.25, 0.3) is 11.3 Å². The zero-order chi connectivity index (χ0) is 11.8. The van der Waals surface area contributed by atoms with E-state index in [4.69, 9.17) is 17.3 Å². The smallest absolute Gasteiger partial charge is 0.220 e. The van der Waals surface area contributed by atoms with Crippen molar-refractivity contribution < 1.29 is 0 Å². The molecular weight excluding hydrogens is 234 g/mol. The summed E-state index contributed by atoms with van der Waals surface area (Å²) in [4.78, 5) is 8.54. The van der Waals surface area contributed by atoms with Gasteiger partial charge in [-0.15, -0.1) is 0 Å². The van der Waals surface area contributed by atoms with E-state index in [1.165, 1.54) is 12.8 Å². The van der Waals surface area contributed by atoms with E-state index < -0.39 is 0 Å². The van der Waals surface area contributed by atoms with Gasteiger partial charge in [-0.25, -0.2) is 9.97 Å². The molecule has 0 bridgehead atoms. The van der Waals surface area contributed by atoms with Crippen molar-refractivity contribution in [3.63, 3.8) is 0 Å². The first-order valence-electron chi connectivity index (χ1n) is 5.63. The first-order chi connectivity index (χ1) is 8.22. The molecule has 2 aromatic rings. The fourth-order valence-corrected chi connectivity index (χ4v) is 2.06. The van der Waals surface area contributed by atoms with E-state index in [9.17, 15) is 0 Å². The van der Waals surface area contributed by atoms with Gasteiger partial charge in [-0.2, -0.15) is 0 Å². The van der Waals surface area contributed by atoms with Crippen molar-refractivity contribution in [2.45, 2.75) is 18.8 Å². The molecule has 0 atom stereocenters. The molecule has 0 amide bonds. The highest BCUT2D eigenvalue weighted by molar-refractivity contribution is 6.30. The Labute approximate surface area is 105 Å². The molecule has 3 nitrogen and oxygen atoms in total. The van der Waals surface area contributed by atoms with E-state index in [2.05, 4.69) is 9.97 Å². The lowest BCUT2D eigenvalue weighted by atomic mass is 10.1. The molecule has 17 heavy (non-hydrogen) atoms. The minimum absolute atomic E-state index is 0.337. The lowest BCUT2D eigenvalue weighted by Gasteiger charge is -2.05. The Morgan fingerprint density at radius 3 is 2.71 bits per heavy atom. The number of hydrogen-bond acceptors (Lipinski definition) is 3. The molecule has 3 rings (SSSR count). The van der Waals surface area contributed by atoms with Crippen molar-refractivity contribution in [2.24, 2.45) is 0 Å². The van der Waals surface area contributed by atoms with Crippen molar-refractivity contribution in [3.8, 4) is 11.3 Å². The quantitative estimate of drug-likeness (QED) is 0.884. The topological polar surface area (TPSA) is 51.8 Å². The molecule has 4 heteroatoms. The maximum Gasteiger partial charge on any atom is 0.220 e. The molecule has 1 fully saturated rings. The summed E-state index contributed by atoms with van der Waals surface area (Å²) in [5.41, 5.74) is 8.62. The van der Waals surface area contributed by atoms with E-state index in [-0.39, 0.29) is 0 Å². The van der Waals surface area contributed by atoms with E-state index in [1.54, 1.807) is 0 Å². The number of hydrogen-bond donors (Lipinski definition) is 1. The van der Waals surface area contributed by atoms with Crippen LogP contribution in [-0.4, -0.2) is 9.97 Å². The number of aromatic nitrogens is 2. The van der Waals surface area contributed by atoms with Gasteiger partial charge in [-0.1, -0.05) is 23.7 Å². The number of benzene rings is 1. The second-order valence-corrected chi connectivity index (χ2v) is 4.76. The molecule has 1 aromatic heterocycles. The second kappa shape index (κ2) is 4.00. The van der Waals surface area contributed by atoms with Crippen molar-refractivity contribution >= 4 is 17.5 Å². The monoisotopic (exact) mass is 245 g/mol. The third-order valence-corrected chi connectivity index (χ3v) is 3.11. The van der Waals surface area contributed by atoms with Gasteiger partial charge in [-0.05, 0) is 31.0 Å². The Morgan fingerprint density at radius 1 is 1.18 bits per heavy atom. The van der Waals surface area contributed by atoms with Crippen LogP contribution >= 0.6 is 11.6 Å². The third kappa shape index (κ3) is 2.24. The zero-order valence-corrected chi connectivity index (χ0v) is 9.98. The molecule has 1 aromatic carbocycles. The highest BCUT2D eigenvalue weighted by atomic mass is 35.5. The van der Waals surface area contributed by atoms with Crippen LogP contribution in [0.2, 0.25) is 5.02 Å². The molecule has 0 spiro atoms. The summed E-state index contributed by atoms with van der Waals surface area (Å²) < 4.78 is 0. The van der Waals surface area contributed by atoms with Crippen molar-refractivity contribution in [1.29, 1.82) is 0 Å². The molecule has 0 saturated heterocycles. The van der Waals surface area contributed by atoms with Gasteiger partial charge in [0.2, 0.25) is 5.95 Å². The fraction of sp³-hybridized carbons (Fsp3) is 0.231. The Kier molecular flexibility index (Phi) is 2.48. The second-order valence-electron chi connectivity index (χ2n) is 4.32. The SMILES string of the molecule is Nc1nc(-c2cccc(Cl)c2)cc(C2CC2)n1. The minimum atomic E-state index is 0.337. The predicted octanol–water partition coefficient (Wildman–Crippen LogP) is 3.26. The summed E-state index contributed by atoms with van der Waals surface area (Å²) in [6, 6.07) is 9.63. The summed E-state index contributed by atoms with van der Waals surface area (Å²) in [6.07, 6.45) is 2.40. The summed E-state index contributed by atoms with van der Waals surface area (Å²) in [5.74, 6) is 0.905. The van der Waals surface area contributed by atoms with Crippen LogP contribution in [0.3, 0.4) is 0 Å². The van der Waals surface area contributed by atoms with Crippen LogP contribution < -0.4 is 5.73 Å². The Morgan fingerprint density at radius 2 is 2.00 bits per heavy atom. The molecule has 1 aliphatic carbocycles. The average Bonchev–Trinajstić information content (AvgIpc) is 3.12. The first-order valence-corrected chi connectivity index (χ1v) is 6.00. The lowest BCUT2D eigenvalue weighted by molar-refractivity contribution is 1.00. The Bertz CT molecular complexity index is 564. The molecule has 86 valence electrons. The van der Waals surface area contributed by atoms with Crippen molar-refractivity contribution in [3.05, 3.63) is 41.0 Å². The van der Waals surface area contributed by atoms with Crippen LogP contribution in [0.4, 0.5) is 5.95 Å². The summed E-state index contributed by atoms with van der Waals surface area (Å²) in [5, 5.41) is 0.702.